The summed E-state index contributed by atoms with van der Waals surface area (Å²) in [6, 6.07) is 7.54. The van der Waals surface area contributed by atoms with E-state index in [0.717, 1.165) is 13.0 Å². The molecular weight excluding hydrogens is 232 g/mol. The van der Waals surface area contributed by atoms with Gasteiger partial charge >= 0.3 is 0 Å². The molecule has 1 atom stereocenters. The average molecular weight is 262 g/mol. The van der Waals surface area contributed by atoms with Crippen LogP contribution in [0, 0.1) is 12.8 Å². The van der Waals surface area contributed by atoms with Crippen molar-refractivity contribution >= 4 is 5.69 Å². The van der Waals surface area contributed by atoms with E-state index in [1.165, 1.54) is 16.8 Å². The highest BCUT2D eigenvalue weighted by molar-refractivity contribution is 5.51. The van der Waals surface area contributed by atoms with Crippen molar-refractivity contribution in [1.29, 1.82) is 0 Å². The van der Waals surface area contributed by atoms with Crippen LogP contribution in [-0.4, -0.2) is 18.6 Å². The maximum atomic E-state index is 5.89. The first-order valence-electron chi connectivity index (χ1n) is 7.43. The number of benzene rings is 1. The molecule has 0 aliphatic rings. The van der Waals surface area contributed by atoms with Gasteiger partial charge in [-0.1, -0.05) is 19.9 Å². The van der Waals surface area contributed by atoms with E-state index in [1.54, 1.807) is 0 Å². The lowest BCUT2D eigenvalue weighted by atomic mass is 10.0. The predicted octanol–water partition coefficient (Wildman–Crippen LogP) is 3.76. The maximum Gasteiger partial charge on any atom is 0.0371 e. The van der Waals surface area contributed by atoms with E-state index in [-0.39, 0.29) is 6.04 Å². The van der Waals surface area contributed by atoms with Gasteiger partial charge in [0.15, 0.2) is 0 Å². The molecule has 19 heavy (non-hydrogen) atoms. The number of aryl methyl sites for hydroxylation is 1. The van der Waals surface area contributed by atoms with Crippen LogP contribution in [0.15, 0.2) is 18.2 Å². The predicted molar refractivity (Wildman–Crippen MR) is 85.9 cm³/mol. The van der Waals surface area contributed by atoms with Crippen LogP contribution in [0.2, 0.25) is 0 Å². The molecule has 0 bridgehead atoms. The summed E-state index contributed by atoms with van der Waals surface area (Å²) in [5.41, 5.74) is 9.94. The fourth-order valence-electron chi connectivity index (χ4n) is 2.44. The Morgan fingerprint density at radius 2 is 1.74 bits per heavy atom. The Labute approximate surface area is 119 Å². The van der Waals surface area contributed by atoms with Crippen molar-refractivity contribution in [2.24, 2.45) is 11.7 Å². The Kier molecular flexibility index (Phi) is 5.86. The second-order valence-corrected chi connectivity index (χ2v) is 6.43. The standard InChI is InChI=1S/C17H30N2/c1-12(2)11-19(13(3)4)17-8-7-16(10-15(6)18)14(5)9-17/h7-9,12-13,15H,10-11,18H2,1-6H3. The molecule has 108 valence electrons. The largest absolute Gasteiger partial charge is 0.369 e. The van der Waals surface area contributed by atoms with E-state index in [2.05, 4.69) is 64.6 Å². The first kappa shape index (κ1) is 16.0. The summed E-state index contributed by atoms with van der Waals surface area (Å²) < 4.78 is 0. The minimum Gasteiger partial charge on any atom is -0.369 e. The SMILES string of the molecule is Cc1cc(N(CC(C)C)C(C)C)ccc1CC(C)N. The molecular formula is C17H30N2. The van der Waals surface area contributed by atoms with Gasteiger partial charge in [0.1, 0.15) is 0 Å². The Morgan fingerprint density at radius 3 is 2.16 bits per heavy atom. The minimum atomic E-state index is 0.224. The van der Waals surface area contributed by atoms with Crippen LogP contribution in [0.25, 0.3) is 0 Å². The van der Waals surface area contributed by atoms with Gasteiger partial charge < -0.3 is 10.6 Å². The number of rotatable bonds is 6. The van der Waals surface area contributed by atoms with E-state index >= 15 is 0 Å². The number of hydrogen-bond acceptors (Lipinski definition) is 2. The Bertz CT molecular complexity index is 394. The topological polar surface area (TPSA) is 29.3 Å². The van der Waals surface area contributed by atoms with E-state index in [4.69, 9.17) is 5.73 Å². The zero-order valence-corrected chi connectivity index (χ0v) is 13.4. The molecule has 1 rings (SSSR count). The first-order chi connectivity index (χ1) is 8.81. The number of nitrogens with zero attached hydrogens (tertiary/aromatic N) is 1. The lowest BCUT2D eigenvalue weighted by Gasteiger charge is -2.31. The van der Waals surface area contributed by atoms with Gasteiger partial charge in [-0.15, -0.1) is 0 Å². The Hall–Kier alpha value is -1.02. The number of anilines is 1. The third-order valence-corrected chi connectivity index (χ3v) is 3.38. The summed E-state index contributed by atoms with van der Waals surface area (Å²) >= 11 is 0. The monoisotopic (exact) mass is 262 g/mol. The molecule has 1 aromatic carbocycles. The van der Waals surface area contributed by atoms with Crippen LogP contribution in [0.4, 0.5) is 5.69 Å². The van der Waals surface area contributed by atoms with Gasteiger partial charge in [0, 0.05) is 24.3 Å². The summed E-state index contributed by atoms with van der Waals surface area (Å²) in [5, 5.41) is 0. The molecule has 0 amide bonds. The highest BCUT2D eigenvalue weighted by atomic mass is 15.2. The Balaban J connectivity index is 2.96. The van der Waals surface area contributed by atoms with Crippen molar-refractivity contribution in [3.8, 4) is 0 Å². The van der Waals surface area contributed by atoms with Gasteiger partial charge in [0.2, 0.25) is 0 Å². The van der Waals surface area contributed by atoms with Crippen molar-refractivity contribution in [3.63, 3.8) is 0 Å². The molecule has 0 aliphatic heterocycles. The molecule has 1 aromatic rings. The fraction of sp³-hybridized carbons (Fsp3) is 0.647. The lowest BCUT2D eigenvalue weighted by Crippen LogP contribution is -2.34. The van der Waals surface area contributed by atoms with Crippen molar-refractivity contribution in [3.05, 3.63) is 29.3 Å². The van der Waals surface area contributed by atoms with Gasteiger partial charge in [-0.3, -0.25) is 0 Å². The van der Waals surface area contributed by atoms with E-state index in [1.807, 2.05) is 0 Å². The molecule has 0 fully saturated rings. The highest BCUT2D eigenvalue weighted by Crippen LogP contribution is 2.23. The van der Waals surface area contributed by atoms with E-state index in [0.29, 0.717) is 12.0 Å². The zero-order chi connectivity index (χ0) is 14.6. The van der Waals surface area contributed by atoms with Crippen LogP contribution in [0.1, 0.15) is 45.7 Å². The van der Waals surface area contributed by atoms with Crippen molar-refractivity contribution < 1.29 is 0 Å². The van der Waals surface area contributed by atoms with Gasteiger partial charge in [-0.2, -0.15) is 0 Å². The molecule has 1 unspecified atom stereocenters. The minimum absolute atomic E-state index is 0.224. The zero-order valence-electron chi connectivity index (χ0n) is 13.4. The summed E-state index contributed by atoms with van der Waals surface area (Å²) in [4.78, 5) is 2.48. The lowest BCUT2D eigenvalue weighted by molar-refractivity contribution is 0.571. The molecule has 2 heteroatoms. The van der Waals surface area contributed by atoms with Gasteiger partial charge in [0.25, 0.3) is 0 Å². The summed E-state index contributed by atoms with van der Waals surface area (Å²) in [6.45, 7) is 14.4. The van der Waals surface area contributed by atoms with Gasteiger partial charge in [-0.25, -0.2) is 0 Å². The van der Waals surface area contributed by atoms with Crippen LogP contribution in [0.5, 0.6) is 0 Å². The summed E-state index contributed by atoms with van der Waals surface area (Å²) in [6.07, 6.45) is 0.956. The third kappa shape index (κ3) is 4.87. The molecule has 0 radical (unpaired) electrons. The summed E-state index contributed by atoms with van der Waals surface area (Å²) in [7, 11) is 0. The van der Waals surface area contributed by atoms with Crippen molar-refractivity contribution in [1.82, 2.24) is 0 Å². The molecule has 0 spiro atoms. The number of hydrogen-bond donors (Lipinski definition) is 1. The molecule has 0 aliphatic carbocycles. The van der Waals surface area contributed by atoms with Crippen LogP contribution in [0.3, 0.4) is 0 Å². The van der Waals surface area contributed by atoms with E-state index < -0.39 is 0 Å². The van der Waals surface area contributed by atoms with Crippen molar-refractivity contribution in [2.75, 3.05) is 11.4 Å². The molecule has 2 nitrogen and oxygen atoms in total. The molecule has 2 N–H and O–H groups in total. The number of nitrogens with two attached hydrogens (primary N) is 1. The summed E-state index contributed by atoms with van der Waals surface area (Å²) in [5.74, 6) is 0.673. The maximum absolute atomic E-state index is 5.89. The van der Waals surface area contributed by atoms with E-state index in [9.17, 15) is 0 Å². The van der Waals surface area contributed by atoms with Gasteiger partial charge in [0.05, 0.1) is 0 Å². The average Bonchev–Trinajstić information content (AvgIpc) is 2.27. The van der Waals surface area contributed by atoms with Crippen LogP contribution in [-0.2, 0) is 6.42 Å². The van der Waals surface area contributed by atoms with Gasteiger partial charge in [-0.05, 0) is 63.3 Å². The van der Waals surface area contributed by atoms with Crippen LogP contribution < -0.4 is 10.6 Å². The molecule has 0 saturated heterocycles. The first-order valence-corrected chi connectivity index (χ1v) is 7.43. The van der Waals surface area contributed by atoms with Crippen molar-refractivity contribution in [2.45, 2.75) is 60.0 Å². The highest BCUT2D eigenvalue weighted by Gasteiger charge is 2.13. The smallest absolute Gasteiger partial charge is 0.0371 e. The normalized spacial score (nSPS) is 13.1. The van der Waals surface area contributed by atoms with Crippen LogP contribution >= 0.6 is 0 Å². The second-order valence-electron chi connectivity index (χ2n) is 6.43. The third-order valence-electron chi connectivity index (χ3n) is 3.38. The molecule has 0 saturated carbocycles. The molecule has 0 heterocycles. The second kappa shape index (κ2) is 6.95. The quantitative estimate of drug-likeness (QED) is 0.846. The fourth-order valence-corrected chi connectivity index (χ4v) is 2.44. The molecule has 0 aromatic heterocycles. The Morgan fingerprint density at radius 1 is 1.11 bits per heavy atom.